The highest BCUT2D eigenvalue weighted by atomic mass is 35.5. The van der Waals surface area contributed by atoms with Gasteiger partial charge in [0.15, 0.2) is 0 Å². The zero-order valence-electron chi connectivity index (χ0n) is 10.4. The molecule has 2 aromatic carbocycles. The molecular weight excluding hydrogens is 317 g/mol. The number of para-hydroxylation sites is 1. The van der Waals surface area contributed by atoms with Crippen molar-refractivity contribution in [3.63, 3.8) is 0 Å². The van der Waals surface area contributed by atoms with Gasteiger partial charge in [-0.3, -0.25) is 4.31 Å². The van der Waals surface area contributed by atoms with Crippen molar-refractivity contribution in [1.29, 1.82) is 0 Å². The third-order valence-corrected chi connectivity index (χ3v) is 6.12. The van der Waals surface area contributed by atoms with Gasteiger partial charge in [-0.1, -0.05) is 47.5 Å². The summed E-state index contributed by atoms with van der Waals surface area (Å²) in [5, 5.41) is 0.304. The van der Waals surface area contributed by atoms with Crippen molar-refractivity contribution in [2.24, 2.45) is 0 Å². The SMILES string of the molecule is O=S(=O)(c1cccc(Cl)c1Cl)N1CCc2ccccc21. The monoisotopic (exact) mass is 327 g/mol. The fourth-order valence-electron chi connectivity index (χ4n) is 2.36. The van der Waals surface area contributed by atoms with E-state index in [-0.39, 0.29) is 14.9 Å². The van der Waals surface area contributed by atoms with Crippen molar-refractivity contribution >= 4 is 38.9 Å². The predicted octanol–water partition coefficient (Wildman–Crippen LogP) is 3.74. The van der Waals surface area contributed by atoms with Crippen LogP contribution >= 0.6 is 23.2 Å². The van der Waals surface area contributed by atoms with Gasteiger partial charge >= 0.3 is 0 Å². The Bertz CT molecular complexity index is 774. The largest absolute Gasteiger partial charge is 0.266 e. The molecule has 0 unspecified atom stereocenters. The van der Waals surface area contributed by atoms with Gasteiger partial charge in [-0.2, -0.15) is 0 Å². The van der Waals surface area contributed by atoms with Crippen LogP contribution in [0.5, 0.6) is 0 Å². The highest BCUT2D eigenvalue weighted by molar-refractivity contribution is 7.93. The minimum atomic E-state index is -3.69. The number of nitrogens with zero attached hydrogens (tertiary/aromatic N) is 1. The van der Waals surface area contributed by atoms with E-state index in [1.807, 2.05) is 18.2 Å². The van der Waals surface area contributed by atoms with Crippen molar-refractivity contribution in [3.8, 4) is 0 Å². The maximum atomic E-state index is 12.8. The zero-order chi connectivity index (χ0) is 14.3. The Kier molecular flexibility index (Phi) is 3.40. The van der Waals surface area contributed by atoms with Crippen molar-refractivity contribution < 1.29 is 8.42 Å². The molecule has 1 aliphatic rings. The van der Waals surface area contributed by atoms with Crippen LogP contribution in [0.25, 0.3) is 0 Å². The van der Waals surface area contributed by atoms with Gasteiger partial charge in [0.05, 0.1) is 15.7 Å². The number of hydrogen-bond acceptors (Lipinski definition) is 2. The number of anilines is 1. The van der Waals surface area contributed by atoms with Gasteiger partial charge < -0.3 is 0 Å². The Morgan fingerprint density at radius 1 is 1.00 bits per heavy atom. The smallest absolute Gasteiger partial charge is 0.265 e. The average Bonchev–Trinajstić information content (AvgIpc) is 2.86. The van der Waals surface area contributed by atoms with Crippen LogP contribution < -0.4 is 4.31 Å². The summed E-state index contributed by atoms with van der Waals surface area (Å²) in [5.74, 6) is 0. The zero-order valence-corrected chi connectivity index (χ0v) is 12.7. The summed E-state index contributed by atoms with van der Waals surface area (Å²) in [6.07, 6.45) is 0.702. The Morgan fingerprint density at radius 2 is 1.75 bits per heavy atom. The van der Waals surface area contributed by atoms with E-state index < -0.39 is 10.0 Å². The van der Waals surface area contributed by atoms with Crippen molar-refractivity contribution in [1.82, 2.24) is 0 Å². The molecule has 0 saturated carbocycles. The first-order chi connectivity index (χ1) is 9.51. The molecule has 0 amide bonds. The third-order valence-electron chi connectivity index (χ3n) is 3.33. The lowest BCUT2D eigenvalue weighted by atomic mass is 10.2. The fourth-order valence-corrected chi connectivity index (χ4v) is 4.60. The molecule has 1 heterocycles. The predicted molar refractivity (Wildman–Crippen MR) is 81.1 cm³/mol. The average molecular weight is 328 g/mol. The van der Waals surface area contributed by atoms with Crippen molar-refractivity contribution in [3.05, 3.63) is 58.1 Å². The molecule has 20 heavy (non-hydrogen) atoms. The molecular formula is C14H11Cl2NO2S. The summed E-state index contributed by atoms with van der Waals surface area (Å²) in [6, 6.07) is 12.1. The minimum absolute atomic E-state index is 0.0448. The van der Waals surface area contributed by atoms with E-state index in [0.29, 0.717) is 18.7 Å². The molecule has 3 rings (SSSR count). The van der Waals surface area contributed by atoms with E-state index in [1.165, 1.54) is 10.4 Å². The lowest BCUT2D eigenvalue weighted by Gasteiger charge is -2.20. The van der Waals surface area contributed by atoms with Crippen LogP contribution in [0.1, 0.15) is 5.56 Å². The van der Waals surface area contributed by atoms with E-state index in [2.05, 4.69) is 0 Å². The molecule has 0 bridgehead atoms. The van der Waals surface area contributed by atoms with Crippen molar-refractivity contribution in [2.45, 2.75) is 11.3 Å². The molecule has 104 valence electrons. The molecule has 3 nitrogen and oxygen atoms in total. The first-order valence-electron chi connectivity index (χ1n) is 6.06. The maximum Gasteiger partial charge on any atom is 0.265 e. The molecule has 0 N–H and O–H groups in total. The summed E-state index contributed by atoms with van der Waals surface area (Å²) >= 11 is 12.0. The van der Waals surface area contributed by atoms with Crippen LogP contribution in [0.3, 0.4) is 0 Å². The first-order valence-corrected chi connectivity index (χ1v) is 8.26. The van der Waals surface area contributed by atoms with Crippen molar-refractivity contribution in [2.75, 3.05) is 10.8 Å². The maximum absolute atomic E-state index is 12.8. The number of hydrogen-bond donors (Lipinski definition) is 0. The molecule has 0 radical (unpaired) electrons. The summed E-state index contributed by atoms with van der Waals surface area (Å²) in [6.45, 7) is 0.421. The lowest BCUT2D eigenvalue weighted by molar-refractivity contribution is 0.592. The van der Waals surface area contributed by atoms with Crippen LogP contribution in [0, 0.1) is 0 Å². The van der Waals surface area contributed by atoms with Gasteiger partial charge in [-0.15, -0.1) is 0 Å². The molecule has 2 aromatic rings. The molecule has 0 fully saturated rings. The molecule has 0 spiro atoms. The summed E-state index contributed by atoms with van der Waals surface area (Å²) < 4.78 is 26.9. The van der Waals surface area contributed by atoms with E-state index in [9.17, 15) is 8.42 Å². The normalized spacial score (nSPS) is 14.4. The van der Waals surface area contributed by atoms with Gasteiger partial charge in [-0.05, 0) is 30.2 Å². The standard InChI is InChI=1S/C14H11Cl2NO2S/c15-11-5-3-7-13(14(11)16)20(18,19)17-9-8-10-4-1-2-6-12(10)17/h1-7H,8-9H2. The van der Waals surface area contributed by atoms with E-state index >= 15 is 0 Å². The summed E-state index contributed by atoms with van der Waals surface area (Å²) in [4.78, 5) is 0.0448. The fraction of sp³-hybridized carbons (Fsp3) is 0.143. The molecule has 0 aliphatic carbocycles. The topological polar surface area (TPSA) is 37.4 Å². The van der Waals surface area contributed by atoms with Crippen LogP contribution in [0.15, 0.2) is 47.4 Å². The highest BCUT2D eigenvalue weighted by Crippen LogP contribution is 2.36. The van der Waals surface area contributed by atoms with Crippen LogP contribution in [0.2, 0.25) is 10.0 Å². The number of sulfonamides is 1. The van der Waals surface area contributed by atoms with E-state index in [1.54, 1.807) is 18.2 Å². The van der Waals surface area contributed by atoms with E-state index in [0.717, 1.165) is 5.56 Å². The number of halogens is 2. The van der Waals surface area contributed by atoms with Crippen LogP contribution in [-0.2, 0) is 16.4 Å². The Morgan fingerprint density at radius 3 is 2.55 bits per heavy atom. The number of fused-ring (bicyclic) bond motifs is 1. The second kappa shape index (κ2) is 4.95. The summed E-state index contributed by atoms with van der Waals surface area (Å²) in [7, 11) is -3.69. The third kappa shape index (κ3) is 2.08. The Hall–Kier alpha value is -1.23. The molecule has 0 aromatic heterocycles. The van der Waals surface area contributed by atoms with Gasteiger partial charge in [0.1, 0.15) is 4.90 Å². The Balaban J connectivity index is 2.13. The first kappa shape index (κ1) is 13.7. The van der Waals surface area contributed by atoms with Gasteiger partial charge in [0.25, 0.3) is 10.0 Å². The summed E-state index contributed by atoms with van der Waals surface area (Å²) in [5.41, 5.74) is 1.73. The van der Waals surface area contributed by atoms with Gasteiger partial charge in [-0.25, -0.2) is 8.42 Å². The lowest BCUT2D eigenvalue weighted by Crippen LogP contribution is -2.29. The van der Waals surface area contributed by atoms with Gasteiger partial charge in [0.2, 0.25) is 0 Å². The molecule has 6 heteroatoms. The molecule has 0 saturated heterocycles. The second-order valence-electron chi connectivity index (χ2n) is 4.51. The Labute approximate surface area is 127 Å². The minimum Gasteiger partial charge on any atom is -0.266 e. The van der Waals surface area contributed by atoms with Gasteiger partial charge in [0, 0.05) is 6.54 Å². The number of rotatable bonds is 2. The quantitative estimate of drug-likeness (QED) is 0.842. The molecule has 1 aliphatic heterocycles. The van der Waals surface area contributed by atoms with Crippen LogP contribution in [-0.4, -0.2) is 15.0 Å². The van der Waals surface area contributed by atoms with Crippen LogP contribution in [0.4, 0.5) is 5.69 Å². The second-order valence-corrected chi connectivity index (χ2v) is 7.12. The van der Waals surface area contributed by atoms with E-state index in [4.69, 9.17) is 23.2 Å². The molecule has 0 atom stereocenters. The highest BCUT2D eigenvalue weighted by Gasteiger charge is 2.32. The number of benzene rings is 2.